The molecular weight excluding hydrogens is 368 g/mol. The zero-order valence-corrected chi connectivity index (χ0v) is 14.5. The van der Waals surface area contributed by atoms with Crippen LogP contribution in [0.15, 0.2) is 95.3 Å². The monoisotopic (exact) mass is 390 g/mol. The molecular formula is C24H15Br. The second-order valence-corrected chi connectivity index (χ2v) is 6.54. The molecule has 0 N–H and O–H groups in total. The number of halogens is 1. The van der Waals surface area contributed by atoms with Gasteiger partial charge >= 0.3 is 0 Å². The van der Waals surface area contributed by atoms with E-state index in [0.717, 1.165) is 10.8 Å². The first-order valence-electron chi connectivity index (χ1n) is 11.8. The third-order valence-corrected chi connectivity index (χ3v) is 5.15. The molecule has 5 rings (SSSR count). The van der Waals surface area contributed by atoms with E-state index < -0.39 is 24.2 Å². The molecule has 0 aromatic heterocycles. The first kappa shape index (κ1) is 8.64. The minimum absolute atomic E-state index is 0.182. The lowest BCUT2D eigenvalue weighted by Gasteiger charge is -2.15. The first-order chi connectivity index (χ1) is 15.6. The normalized spacial score (nSPS) is 15.9. The molecule has 0 aliphatic heterocycles. The Kier molecular flexibility index (Phi) is 1.98. The Hall–Kier alpha value is -2.64. The van der Waals surface area contributed by atoms with Crippen LogP contribution < -0.4 is 0 Å². The largest absolute Gasteiger partial charge is 0.0630 e. The third-order valence-electron chi connectivity index (χ3n) is 4.35. The highest BCUT2D eigenvalue weighted by atomic mass is 79.9. The molecule has 25 heavy (non-hydrogen) atoms. The Labute approximate surface area is 166 Å². The highest BCUT2D eigenvalue weighted by Crippen LogP contribution is 2.41. The Morgan fingerprint density at radius 3 is 1.84 bits per heavy atom. The van der Waals surface area contributed by atoms with E-state index in [4.69, 9.17) is 11.0 Å². The van der Waals surface area contributed by atoms with Gasteiger partial charge in [-0.25, -0.2) is 0 Å². The zero-order valence-electron chi connectivity index (χ0n) is 20.9. The van der Waals surface area contributed by atoms with Crippen LogP contribution in [0.1, 0.15) is 11.0 Å². The fourth-order valence-electron chi connectivity index (χ4n) is 3.21. The minimum Gasteiger partial charge on any atom is -0.0616 e. The van der Waals surface area contributed by atoms with E-state index >= 15 is 0 Å². The van der Waals surface area contributed by atoms with Gasteiger partial charge in [-0.2, -0.15) is 0 Å². The van der Waals surface area contributed by atoms with Crippen molar-refractivity contribution in [2.75, 3.05) is 0 Å². The lowest BCUT2D eigenvalue weighted by molar-refractivity contribution is 1.69. The molecule has 0 nitrogen and oxygen atoms in total. The average molecular weight is 391 g/mol. The minimum atomic E-state index is -0.405. The molecule has 0 saturated heterocycles. The van der Waals surface area contributed by atoms with E-state index in [-0.39, 0.29) is 50.2 Å². The van der Waals surface area contributed by atoms with Gasteiger partial charge < -0.3 is 0 Å². The maximum absolute atomic E-state index is 8.67. The lowest BCUT2D eigenvalue weighted by atomic mass is 9.91. The van der Waals surface area contributed by atoms with Crippen molar-refractivity contribution < 1.29 is 11.0 Å². The quantitative estimate of drug-likeness (QED) is 0.258. The van der Waals surface area contributed by atoms with Gasteiger partial charge in [0.1, 0.15) is 0 Å². The summed E-state index contributed by atoms with van der Waals surface area (Å²) in [7, 11) is 0. The van der Waals surface area contributed by atoms with E-state index in [1.165, 1.54) is 0 Å². The van der Waals surface area contributed by atoms with Gasteiger partial charge in [-0.3, -0.25) is 0 Å². The Balaban J connectivity index is 2.16. The molecule has 0 spiro atoms. The molecule has 0 atom stereocenters. The Bertz CT molecular complexity index is 1580. The van der Waals surface area contributed by atoms with Crippen molar-refractivity contribution in [1.29, 1.82) is 0 Å². The summed E-state index contributed by atoms with van der Waals surface area (Å²) in [5.74, 6) is 0. The van der Waals surface area contributed by atoms with Gasteiger partial charge in [0.15, 0.2) is 0 Å². The summed E-state index contributed by atoms with van der Waals surface area (Å²) in [6, 6.07) is 10.6. The molecule has 0 radical (unpaired) electrons. The van der Waals surface area contributed by atoms with Gasteiger partial charge in [-0.05, 0) is 65.4 Å². The predicted octanol–water partition coefficient (Wildman–Crippen LogP) is 7.58. The molecule has 5 aromatic carbocycles. The molecule has 5 aromatic rings. The summed E-state index contributed by atoms with van der Waals surface area (Å²) in [5, 5.41) is 2.67. The van der Waals surface area contributed by atoms with Crippen LogP contribution in [0.5, 0.6) is 0 Å². The van der Waals surface area contributed by atoms with E-state index in [1.807, 2.05) is 42.5 Å². The van der Waals surface area contributed by atoms with Crippen LogP contribution in [-0.4, -0.2) is 0 Å². The second kappa shape index (κ2) is 5.72. The van der Waals surface area contributed by atoms with Crippen LogP contribution in [0.3, 0.4) is 0 Å². The van der Waals surface area contributed by atoms with Crippen molar-refractivity contribution in [1.82, 2.24) is 0 Å². The fraction of sp³-hybridized carbons (Fsp3) is 0. The zero-order chi connectivity index (χ0) is 23.8. The number of rotatable bonds is 1. The van der Waals surface area contributed by atoms with Crippen LogP contribution >= 0.6 is 15.9 Å². The van der Waals surface area contributed by atoms with Crippen LogP contribution in [0.2, 0.25) is 0 Å². The summed E-state index contributed by atoms with van der Waals surface area (Å²) in [4.78, 5) is 0. The summed E-state index contributed by atoms with van der Waals surface area (Å²) >= 11 is 3.42. The van der Waals surface area contributed by atoms with Gasteiger partial charge in [0.05, 0.1) is 11.0 Å². The van der Waals surface area contributed by atoms with Crippen LogP contribution in [-0.2, 0) is 0 Å². The van der Waals surface area contributed by atoms with Crippen LogP contribution in [0.25, 0.3) is 43.4 Å². The van der Waals surface area contributed by atoms with Gasteiger partial charge in [-0.15, -0.1) is 0 Å². The molecule has 0 fully saturated rings. The van der Waals surface area contributed by atoms with Gasteiger partial charge in [-0.1, -0.05) is 84.7 Å². The third kappa shape index (κ3) is 2.27. The summed E-state index contributed by atoms with van der Waals surface area (Å²) in [5.41, 5.74) is 0.958. The number of benzene rings is 5. The van der Waals surface area contributed by atoms with Crippen molar-refractivity contribution in [3.05, 3.63) is 95.3 Å². The maximum Gasteiger partial charge on any atom is 0.0630 e. The second-order valence-electron chi connectivity index (χ2n) is 5.75. The van der Waals surface area contributed by atoms with E-state index in [0.29, 0.717) is 11.1 Å². The number of fused-ring (bicyclic) bond motifs is 3. The molecule has 0 bridgehead atoms. The first-order valence-corrected chi connectivity index (χ1v) is 8.55. The molecule has 0 unspecified atom stereocenters. The predicted molar refractivity (Wildman–Crippen MR) is 112 cm³/mol. The van der Waals surface area contributed by atoms with Gasteiger partial charge in [0.25, 0.3) is 0 Å². The van der Waals surface area contributed by atoms with E-state index in [9.17, 15) is 0 Å². The molecule has 0 heterocycles. The highest BCUT2D eigenvalue weighted by Gasteiger charge is 2.13. The molecule has 118 valence electrons. The van der Waals surface area contributed by atoms with Crippen LogP contribution in [0, 0.1) is 0 Å². The average Bonchev–Trinajstić information content (AvgIpc) is 2.82. The summed E-state index contributed by atoms with van der Waals surface area (Å²) in [6.07, 6.45) is 0. The Morgan fingerprint density at radius 1 is 0.640 bits per heavy atom. The van der Waals surface area contributed by atoms with Crippen molar-refractivity contribution in [2.24, 2.45) is 0 Å². The molecule has 1 heteroatoms. The lowest BCUT2D eigenvalue weighted by Crippen LogP contribution is -1.87. The number of hydrogen-bond acceptors (Lipinski definition) is 0. The standard InChI is InChI=1S/C24H15Br/c25-24-21-11-5-3-9-19(21)23(20-10-4-6-12-22(20)24)18-14-13-16-7-1-2-8-17(16)15-18/h1-15H/i3D,4D,5D,6D,9D,10D,11D,12D. The Morgan fingerprint density at radius 2 is 1.20 bits per heavy atom. The van der Waals surface area contributed by atoms with Gasteiger partial charge in [0, 0.05) is 4.47 Å². The molecule has 0 saturated carbocycles. The van der Waals surface area contributed by atoms with Crippen molar-refractivity contribution in [2.45, 2.75) is 0 Å². The number of hydrogen-bond donors (Lipinski definition) is 0. The topological polar surface area (TPSA) is 0 Å². The highest BCUT2D eigenvalue weighted by molar-refractivity contribution is 9.10. The van der Waals surface area contributed by atoms with Crippen molar-refractivity contribution in [3.63, 3.8) is 0 Å². The molecule has 0 amide bonds. The van der Waals surface area contributed by atoms with Gasteiger partial charge in [0.2, 0.25) is 0 Å². The van der Waals surface area contributed by atoms with Crippen LogP contribution in [0.4, 0.5) is 0 Å². The SMILES string of the molecule is [2H]c1c([2H])c([2H])c2c(-c3ccc4ccccc4c3)c3c([2H])c([2H])c([2H])c([2H])c3c(Br)c2c1[2H]. The van der Waals surface area contributed by atoms with E-state index in [2.05, 4.69) is 15.9 Å². The summed E-state index contributed by atoms with van der Waals surface area (Å²) in [6.45, 7) is 0. The van der Waals surface area contributed by atoms with Crippen molar-refractivity contribution in [3.8, 4) is 11.1 Å². The van der Waals surface area contributed by atoms with Crippen molar-refractivity contribution >= 4 is 48.2 Å². The smallest absolute Gasteiger partial charge is 0.0616 e. The molecule has 0 aliphatic rings. The molecule has 0 aliphatic carbocycles. The van der Waals surface area contributed by atoms with E-state index in [1.54, 1.807) is 0 Å². The fourth-order valence-corrected chi connectivity index (χ4v) is 3.81. The summed E-state index contributed by atoms with van der Waals surface area (Å²) < 4.78 is 67.4. The maximum atomic E-state index is 8.67.